The molecule has 4 nitrogen and oxygen atoms in total. The molecule has 23 heavy (non-hydrogen) atoms. The lowest BCUT2D eigenvalue weighted by Gasteiger charge is -2.06. The van der Waals surface area contributed by atoms with Crippen LogP contribution in [-0.2, 0) is 7.05 Å². The molecule has 0 radical (unpaired) electrons. The lowest BCUT2D eigenvalue weighted by Crippen LogP contribution is -2.02. The Morgan fingerprint density at radius 2 is 1.65 bits per heavy atom. The van der Waals surface area contributed by atoms with Crippen LogP contribution in [-0.4, -0.2) is 20.6 Å². The Hall–Kier alpha value is -3.14. The zero-order valence-electron chi connectivity index (χ0n) is 12.5. The van der Waals surface area contributed by atoms with E-state index in [0.29, 0.717) is 11.4 Å². The van der Waals surface area contributed by atoms with E-state index in [1.165, 1.54) is 0 Å². The molecule has 0 fully saturated rings. The van der Waals surface area contributed by atoms with Crippen molar-refractivity contribution in [2.24, 2.45) is 7.05 Å². The first-order valence-electron chi connectivity index (χ1n) is 7.33. The fourth-order valence-corrected chi connectivity index (χ4v) is 2.98. The van der Waals surface area contributed by atoms with Gasteiger partial charge in [0.25, 0.3) is 0 Å². The van der Waals surface area contributed by atoms with Crippen LogP contribution in [0.1, 0.15) is 10.4 Å². The molecule has 0 aliphatic heterocycles. The maximum atomic E-state index is 11.5. The van der Waals surface area contributed by atoms with Crippen molar-refractivity contribution in [2.45, 2.75) is 0 Å². The molecular formula is C19H14N2O2. The number of nitrogens with zero attached hydrogens (tertiary/aromatic N) is 2. The lowest BCUT2D eigenvalue weighted by molar-refractivity contribution is 0.0697. The Morgan fingerprint density at radius 1 is 1.00 bits per heavy atom. The normalized spacial score (nSPS) is 11.2. The van der Waals surface area contributed by atoms with Crippen LogP contribution in [0.15, 0.2) is 60.7 Å². The first-order chi connectivity index (χ1) is 11.1. The monoisotopic (exact) mass is 302 g/mol. The summed E-state index contributed by atoms with van der Waals surface area (Å²) in [4.78, 5) is 16.2. The number of imidazole rings is 1. The minimum absolute atomic E-state index is 0.260. The Bertz CT molecular complexity index is 1060. The van der Waals surface area contributed by atoms with Crippen LogP contribution in [0.5, 0.6) is 0 Å². The largest absolute Gasteiger partial charge is 0.478 e. The van der Waals surface area contributed by atoms with E-state index in [1.54, 1.807) is 18.2 Å². The van der Waals surface area contributed by atoms with Crippen molar-refractivity contribution < 1.29 is 9.90 Å². The third-order valence-electron chi connectivity index (χ3n) is 4.15. The molecule has 1 aromatic heterocycles. The van der Waals surface area contributed by atoms with E-state index in [2.05, 4.69) is 17.1 Å². The fraction of sp³-hybridized carbons (Fsp3) is 0.0526. The van der Waals surface area contributed by atoms with Crippen molar-refractivity contribution >= 4 is 27.8 Å². The van der Waals surface area contributed by atoms with Crippen molar-refractivity contribution in [3.05, 3.63) is 66.2 Å². The number of aromatic carboxylic acids is 1. The van der Waals surface area contributed by atoms with Crippen LogP contribution in [0.4, 0.5) is 0 Å². The van der Waals surface area contributed by atoms with Crippen LogP contribution in [0.3, 0.4) is 0 Å². The topological polar surface area (TPSA) is 55.1 Å². The van der Waals surface area contributed by atoms with Gasteiger partial charge in [0.1, 0.15) is 5.82 Å². The number of aromatic nitrogens is 2. The summed E-state index contributed by atoms with van der Waals surface area (Å²) >= 11 is 0. The van der Waals surface area contributed by atoms with Crippen molar-refractivity contribution in [1.82, 2.24) is 9.55 Å². The predicted octanol–water partition coefficient (Wildman–Crippen LogP) is 4.09. The van der Waals surface area contributed by atoms with Gasteiger partial charge in [0.2, 0.25) is 0 Å². The fourth-order valence-electron chi connectivity index (χ4n) is 2.98. The van der Waals surface area contributed by atoms with E-state index >= 15 is 0 Å². The molecule has 0 unspecified atom stereocenters. The minimum Gasteiger partial charge on any atom is -0.478 e. The van der Waals surface area contributed by atoms with Gasteiger partial charge in [-0.15, -0.1) is 0 Å². The van der Waals surface area contributed by atoms with Crippen molar-refractivity contribution in [2.75, 3.05) is 0 Å². The molecule has 0 bridgehead atoms. The molecule has 4 heteroatoms. The molecule has 0 saturated heterocycles. The highest BCUT2D eigenvalue weighted by Crippen LogP contribution is 2.29. The third-order valence-corrected chi connectivity index (χ3v) is 4.15. The van der Waals surface area contributed by atoms with Crippen molar-refractivity contribution in [1.29, 1.82) is 0 Å². The van der Waals surface area contributed by atoms with Gasteiger partial charge in [-0.25, -0.2) is 9.78 Å². The smallest absolute Gasteiger partial charge is 0.336 e. The number of carbonyl (C=O) groups is 1. The van der Waals surface area contributed by atoms with E-state index < -0.39 is 5.97 Å². The van der Waals surface area contributed by atoms with Gasteiger partial charge >= 0.3 is 5.97 Å². The summed E-state index contributed by atoms with van der Waals surface area (Å²) in [6.07, 6.45) is 0. The quantitative estimate of drug-likeness (QED) is 0.606. The first-order valence-corrected chi connectivity index (χ1v) is 7.33. The van der Waals surface area contributed by atoms with Crippen molar-refractivity contribution in [3.63, 3.8) is 0 Å². The van der Waals surface area contributed by atoms with Gasteiger partial charge in [-0.2, -0.15) is 0 Å². The highest BCUT2D eigenvalue weighted by Gasteiger charge is 2.16. The Balaban J connectivity index is 2.04. The lowest BCUT2D eigenvalue weighted by atomic mass is 10.1. The summed E-state index contributed by atoms with van der Waals surface area (Å²) in [6, 6.07) is 19.2. The second kappa shape index (κ2) is 4.95. The van der Waals surface area contributed by atoms with Crippen molar-refractivity contribution in [3.8, 4) is 11.4 Å². The molecule has 0 atom stereocenters. The zero-order valence-corrected chi connectivity index (χ0v) is 12.5. The summed E-state index contributed by atoms with van der Waals surface area (Å²) in [6.45, 7) is 0. The zero-order chi connectivity index (χ0) is 16.0. The van der Waals surface area contributed by atoms with Crippen LogP contribution in [0, 0.1) is 0 Å². The van der Waals surface area contributed by atoms with Gasteiger partial charge in [-0.05, 0) is 29.0 Å². The Morgan fingerprint density at radius 3 is 2.39 bits per heavy atom. The number of hydrogen-bond donors (Lipinski definition) is 1. The van der Waals surface area contributed by atoms with Gasteiger partial charge in [0.05, 0.1) is 16.6 Å². The van der Waals surface area contributed by atoms with Gasteiger partial charge in [-0.3, -0.25) is 0 Å². The number of benzene rings is 3. The van der Waals surface area contributed by atoms with E-state index in [-0.39, 0.29) is 5.56 Å². The van der Waals surface area contributed by atoms with Crippen LogP contribution in [0.2, 0.25) is 0 Å². The average Bonchev–Trinajstić information content (AvgIpc) is 2.89. The predicted molar refractivity (Wildman–Crippen MR) is 90.6 cm³/mol. The van der Waals surface area contributed by atoms with E-state index in [9.17, 15) is 9.90 Å². The molecule has 0 saturated carbocycles. The molecule has 0 spiro atoms. The summed E-state index contributed by atoms with van der Waals surface area (Å²) in [5.74, 6) is -0.286. The molecule has 4 aromatic rings. The molecule has 0 aliphatic carbocycles. The van der Waals surface area contributed by atoms with Crippen LogP contribution in [0.25, 0.3) is 33.2 Å². The minimum atomic E-state index is -0.946. The molecule has 3 aromatic carbocycles. The number of aryl methyl sites for hydroxylation is 1. The van der Waals surface area contributed by atoms with Gasteiger partial charge in [0, 0.05) is 12.6 Å². The maximum absolute atomic E-state index is 11.5. The average molecular weight is 302 g/mol. The third kappa shape index (κ3) is 2.07. The molecule has 1 heterocycles. The summed E-state index contributed by atoms with van der Waals surface area (Å²) in [5, 5.41) is 11.7. The molecule has 4 rings (SSSR count). The first kappa shape index (κ1) is 13.5. The molecular weight excluding hydrogens is 288 g/mol. The number of rotatable bonds is 2. The standard InChI is InChI=1S/C19H14N2O2/c1-21-17-11-13-7-3-2-6-12(13)10-16(17)20-18(21)14-8-4-5-9-15(14)19(22)23/h2-11H,1H3,(H,22,23). The van der Waals surface area contributed by atoms with Gasteiger partial charge < -0.3 is 9.67 Å². The summed E-state index contributed by atoms with van der Waals surface area (Å²) in [5.41, 5.74) is 2.73. The summed E-state index contributed by atoms with van der Waals surface area (Å²) in [7, 11) is 1.91. The number of fused-ring (bicyclic) bond motifs is 2. The molecule has 0 aliphatic rings. The van der Waals surface area contributed by atoms with Gasteiger partial charge in [0.15, 0.2) is 0 Å². The Kier molecular flexibility index (Phi) is 2.91. The SMILES string of the molecule is Cn1c(-c2ccccc2C(=O)O)nc2cc3ccccc3cc21. The van der Waals surface area contributed by atoms with E-state index in [0.717, 1.165) is 21.8 Å². The van der Waals surface area contributed by atoms with Gasteiger partial charge in [-0.1, -0.05) is 42.5 Å². The maximum Gasteiger partial charge on any atom is 0.336 e. The summed E-state index contributed by atoms with van der Waals surface area (Å²) < 4.78 is 1.95. The second-order valence-corrected chi connectivity index (χ2v) is 5.53. The molecule has 0 amide bonds. The molecule has 112 valence electrons. The van der Waals surface area contributed by atoms with E-state index in [4.69, 9.17) is 0 Å². The number of hydrogen-bond acceptors (Lipinski definition) is 2. The number of carboxylic acid groups (broad SMARTS) is 1. The van der Waals surface area contributed by atoms with Crippen LogP contribution >= 0.6 is 0 Å². The van der Waals surface area contributed by atoms with Crippen LogP contribution < -0.4 is 0 Å². The highest BCUT2D eigenvalue weighted by atomic mass is 16.4. The second-order valence-electron chi connectivity index (χ2n) is 5.53. The number of carboxylic acids is 1. The highest BCUT2D eigenvalue weighted by molar-refractivity contribution is 5.99. The Labute approximate surface area is 132 Å². The van der Waals surface area contributed by atoms with E-state index in [1.807, 2.05) is 41.9 Å². The molecule has 1 N–H and O–H groups in total.